The summed E-state index contributed by atoms with van der Waals surface area (Å²) >= 11 is 0. The predicted octanol–water partition coefficient (Wildman–Crippen LogP) is 0.531. The summed E-state index contributed by atoms with van der Waals surface area (Å²) in [7, 11) is 0. The van der Waals surface area contributed by atoms with E-state index in [2.05, 4.69) is 12.2 Å². The molecule has 0 bridgehead atoms. The van der Waals surface area contributed by atoms with Crippen LogP contribution in [0.3, 0.4) is 0 Å². The fraction of sp³-hybridized carbons (Fsp3) is 0.500. The summed E-state index contributed by atoms with van der Waals surface area (Å²) in [6, 6.07) is 3.57. The number of hydrogen-bond donors (Lipinski definition) is 2. The van der Waals surface area contributed by atoms with Crippen LogP contribution in [-0.2, 0) is 0 Å². The number of quaternary nitrogens is 1. The predicted molar refractivity (Wildman–Crippen MR) is 74.8 cm³/mol. The normalized spacial score (nSPS) is 21.2. The molecular formula is C14H19FN3O3+. The van der Waals surface area contributed by atoms with Crippen molar-refractivity contribution in [2.75, 3.05) is 19.6 Å². The van der Waals surface area contributed by atoms with Crippen LogP contribution in [0.5, 0.6) is 0 Å². The lowest BCUT2D eigenvalue weighted by molar-refractivity contribution is -0.909. The number of benzene rings is 1. The van der Waals surface area contributed by atoms with E-state index in [0.29, 0.717) is 12.6 Å². The van der Waals surface area contributed by atoms with Crippen LogP contribution in [0.15, 0.2) is 18.2 Å². The van der Waals surface area contributed by atoms with E-state index in [1.54, 1.807) is 0 Å². The van der Waals surface area contributed by atoms with E-state index in [9.17, 15) is 19.3 Å². The van der Waals surface area contributed by atoms with Gasteiger partial charge in [0.1, 0.15) is 6.04 Å². The first-order valence-electron chi connectivity index (χ1n) is 7.09. The van der Waals surface area contributed by atoms with E-state index < -0.39 is 22.3 Å². The second kappa shape index (κ2) is 6.62. The minimum atomic E-state index is -0.936. The number of nitro groups is 1. The highest BCUT2D eigenvalue weighted by Gasteiger charge is 2.27. The van der Waals surface area contributed by atoms with Crippen molar-refractivity contribution in [1.29, 1.82) is 0 Å². The van der Waals surface area contributed by atoms with Gasteiger partial charge < -0.3 is 10.2 Å². The van der Waals surface area contributed by atoms with Gasteiger partial charge in [-0.25, -0.2) is 0 Å². The zero-order valence-corrected chi connectivity index (χ0v) is 11.9. The number of likely N-dealkylation sites (tertiary alicyclic amines) is 1. The maximum Gasteiger partial charge on any atom is 0.305 e. The van der Waals surface area contributed by atoms with Gasteiger partial charge in [0.2, 0.25) is 5.82 Å². The molecule has 2 unspecified atom stereocenters. The standard InChI is InChI=1S/C14H18FN3O3/c1-2-17-7-3-4-11(17)9-16-14(19)10-5-6-12(15)13(8-10)18(20)21/h5-6,8,11H,2-4,7,9H2,1H3,(H,16,19)/p+1. The zero-order chi connectivity index (χ0) is 15.4. The molecule has 21 heavy (non-hydrogen) atoms. The third kappa shape index (κ3) is 3.55. The van der Waals surface area contributed by atoms with Crippen LogP contribution in [0.25, 0.3) is 0 Å². The van der Waals surface area contributed by atoms with Crippen molar-refractivity contribution in [2.24, 2.45) is 0 Å². The van der Waals surface area contributed by atoms with E-state index in [1.165, 1.54) is 11.0 Å². The van der Waals surface area contributed by atoms with Gasteiger partial charge in [0.15, 0.2) is 0 Å². The Morgan fingerprint density at radius 1 is 1.57 bits per heavy atom. The molecule has 0 aromatic heterocycles. The van der Waals surface area contributed by atoms with Crippen LogP contribution < -0.4 is 10.2 Å². The number of nitrogens with one attached hydrogen (secondary N) is 2. The molecule has 114 valence electrons. The molecule has 0 spiro atoms. The molecule has 1 saturated heterocycles. The number of carbonyl (C=O) groups excluding carboxylic acids is 1. The first-order chi connectivity index (χ1) is 10.0. The molecule has 0 aliphatic carbocycles. The van der Waals surface area contributed by atoms with E-state index in [4.69, 9.17) is 0 Å². The Bertz CT molecular complexity index is 550. The van der Waals surface area contributed by atoms with Gasteiger partial charge in [0.25, 0.3) is 5.91 Å². The number of rotatable bonds is 5. The van der Waals surface area contributed by atoms with Gasteiger partial charge in [-0.05, 0) is 19.1 Å². The van der Waals surface area contributed by atoms with Crippen molar-refractivity contribution < 1.29 is 19.0 Å². The molecule has 7 heteroatoms. The highest BCUT2D eigenvalue weighted by molar-refractivity contribution is 5.94. The number of nitrogens with zero attached hydrogens (tertiary/aromatic N) is 1. The molecule has 1 aliphatic heterocycles. The van der Waals surface area contributed by atoms with Crippen molar-refractivity contribution in [3.63, 3.8) is 0 Å². The lowest BCUT2D eigenvalue weighted by Gasteiger charge is -2.20. The Morgan fingerprint density at radius 2 is 2.33 bits per heavy atom. The quantitative estimate of drug-likeness (QED) is 0.615. The minimum Gasteiger partial charge on any atom is -0.346 e. The van der Waals surface area contributed by atoms with Gasteiger partial charge >= 0.3 is 5.69 Å². The van der Waals surface area contributed by atoms with E-state index in [0.717, 1.165) is 38.1 Å². The summed E-state index contributed by atoms with van der Waals surface area (Å²) in [5.41, 5.74) is -0.566. The first kappa shape index (κ1) is 15.4. The van der Waals surface area contributed by atoms with Crippen LogP contribution >= 0.6 is 0 Å². The summed E-state index contributed by atoms with van der Waals surface area (Å²) < 4.78 is 13.2. The summed E-state index contributed by atoms with van der Waals surface area (Å²) in [5.74, 6) is -1.34. The molecule has 1 aliphatic rings. The van der Waals surface area contributed by atoms with Crippen molar-refractivity contribution >= 4 is 11.6 Å². The lowest BCUT2D eigenvalue weighted by Crippen LogP contribution is -3.14. The van der Waals surface area contributed by atoms with Gasteiger partial charge in [-0.2, -0.15) is 4.39 Å². The Hall–Kier alpha value is -2.02. The van der Waals surface area contributed by atoms with Gasteiger partial charge in [-0.15, -0.1) is 0 Å². The van der Waals surface area contributed by atoms with Crippen molar-refractivity contribution in [3.05, 3.63) is 39.7 Å². The van der Waals surface area contributed by atoms with Gasteiger partial charge in [0, 0.05) is 24.5 Å². The molecule has 2 atom stereocenters. The molecule has 1 aromatic carbocycles. The van der Waals surface area contributed by atoms with Gasteiger partial charge in [-0.1, -0.05) is 0 Å². The van der Waals surface area contributed by atoms with Crippen LogP contribution in [0.1, 0.15) is 30.1 Å². The van der Waals surface area contributed by atoms with Crippen molar-refractivity contribution in [3.8, 4) is 0 Å². The molecule has 1 aromatic rings. The fourth-order valence-corrected chi connectivity index (χ4v) is 2.81. The van der Waals surface area contributed by atoms with E-state index in [-0.39, 0.29) is 5.56 Å². The number of amides is 1. The number of nitro benzene ring substituents is 1. The summed E-state index contributed by atoms with van der Waals surface area (Å²) in [6.07, 6.45) is 2.21. The summed E-state index contributed by atoms with van der Waals surface area (Å²) in [4.78, 5) is 23.3. The molecule has 1 amide bonds. The third-order valence-electron chi connectivity index (χ3n) is 4.00. The maximum absolute atomic E-state index is 13.2. The Morgan fingerprint density at radius 3 is 3.00 bits per heavy atom. The molecule has 2 N–H and O–H groups in total. The number of carbonyl (C=O) groups is 1. The Kier molecular flexibility index (Phi) is 4.85. The smallest absolute Gasteiger partial charge is 0.305 e. The van der Waals surface area contributed by atoms with Crippen molar-refractivity contribution in [1.82, 2.24) is 5.32 Å². The molecule has 1 heterocycles. The molecule has 0 radical (unpaired) electrons. The van der Waals surface area contributed by atoms with Crippen LogP contribution in [0.2, 0.25) is 0 Å². The van der Waals surface area contributed by atoms with Crippen LogP contribution in [0, 0.1) is 15.9 Å². The molecular weight excluding hydrogens is 277 g/mol. The molecule has 1 fully saturated rings. The van der Waals surface area contributed by atoms with Gasteiger partial charge in [-0.3, -0.25) is 14.9 Å². The van der Waals surface area contributed by atoms with Crippen LogP contribution in [0.4, 0.5) is 10.1 Å². The van der Waals surface area contributed by atoms with E-state index >= 15 is 0 Å². The second-order valence-electron chi connectivity index (χ2n) is 5.23. The average molecular weight is 296 g/mol. The maximum atomic E-state index is 13.2. The average Bonchev–Trinajstić information content (AvgIpc) is 2.92. The molecule has 6 nitrogen and oxygen atoms in total. The highest BCUT2D eigenvalue weighted by atomic mass is 19.1. The van der Waals surface area contributed by atoms with E-state index in [1.807, 2.05) is 0 Å². The second-order valence-corrected chi connectivity index (χ2v) is 5.23. The Balaban J connectivity index is 2.00. The summed E-state index contributed by atoms with van der Waals surface area (Å²) in [5, 5.41) is 13.5. The SMILES string of the molecule is CC[NH+]1CCCC1CNC(=O)c1ccc(F)c([N+](=O)[O-])c1. The molecule has 0 saturated carbocycles. The number of halogens is 1. The largest absolute Gasteiger partial charge is 0.346 e. The monoisotopic (exact) mass is 296 g/mol. The highest BCUT2D eigenvalue weighted by Crippen LogP contribution is 2.18. The first-order valence-corrected chi connectivity index (χ1v) is 7.09. The zero-order valence-electron chi connectivity index (χ0n) is 11.9. The third-order valence-corrected chi connectivity index (χ3v) is 4.00. The minimum absolute atomic E-state index is 0.110. The van der Waals surface area contributed by atoms with Crippen LogP contribution in [-0.4, -0.2) is 36.5 Å². The summed E-state index contributed by atoms with van der Waals surface area (Å²) in [6.45, 7) is 4.77. The topological polar surface area (TPSA) is 76.7 Å². The number of hydrogen-bond acceptors (Lipinski definition) is 3. The lowest BCUT2D eigenvalue weighted by atomic mass is 10.1. The Labute approximate surface area is 122 Å². The molecule has 2 rings (SSSR count). The van der Waals surface area contributed by atoms with Gasteiger partial charge in [0.05, 0.1) is 24.6 Å². The van der Waals surface area contributed by atoms with Crippen molar-refractivity contribution in [2.45, 2.75) is 25.8 Å². The fourth-order valence-electron chi connectivity index (χ4n) is 2.81. The number of likely N-dealkylation sites (N-methyl/N-ethyl adjacent to an activating group) is 1.